The van der Waals surface area contributed by atoms with E-state index in [2.05, 4.69) is 17.6 Å². The highest BCUT2D eigenvalue weighted by molar-refractivity contribution is 7.96. The maximum Gasteiger partial charge on any atom is 0.314 e. The second-order valence-corrected chi connectivity index (χ2v) is 4.51. The Balaban J connectivity index is 2.53. The van der Waals surface area contributed by atoms with Gasteiger partial charge in [0.25, 0.3) is 0 Å². The number of carbonyl (C=O) groups is 2. The summed E-state index contributed by atoms with van der Waals surface area (Å²) in [4.78, 5) is 26.5. The van der Waals surface area contributed by atoms with E-state index in [0.29, 0.717) is 11.3 Å². The van der Waals surface area contributed by atoms with Crippen molar-refractivity contribution in [2.45, 2.75) is 12.3 Å². The maximum absolute atomic E-state index is 11.2. The minimum atomic E-state index is -1.07. The molecule has 2 aromatic rings. The zero-order valence-corrected chi connectivity index (χ0v) is 10.6. The molecule has 0 amide bonds. The molecular formula is C12H12N2O3S. The van der Waals surface area contributed by atoms with Gasteiger partial charge in [-0.05, 0) is 12.1 Å². The highest BCUT2D eigenvalue weighted by Gasteiger charge is 2.27. The molecule has 1 aromatic carbocycles. The predicted molar refractivity (Wildman–Crippen MR) is 69.7 cm³/mol. The first kappa shape index (κ1) is 12.6. The number of nitrogens with zero attached hydrogens (tertiary/aromatic N) is 2. The van der Waals surface area contributed by atoms with Gasteiger partial charge in [0.05, 0.1) is 11.0 Å². The second kappa shape index (κ2) is 4.81. The summed E-state index contributed by atoms with van der Waals surface area (Å²) in [6, 6.07) is 7.35. The molecule has 1 heterocycles. The number of rotatable bonds is 4. The van der Waals surface area contributed by atoms with E-state index in [1.54, 1.807) is 17.7 Å². The number of hydrogen-bond acceptors (Lipinski definition) is 3. The van der Waals surface area contributed by atoms with Gasteiger partial charge in [0.15, 0.2) is 5.12 Å². The fraction of sp³-hybridized carbons (Fsp3) is 0.250. The summed E-state index contributed by atoms with van der Waals surface area (Å²) < 4.78 is 1.70. The molecule has 0 radical (unpaired) electrons. The van der Waals surface area contributed by atoms with E-state index in [1.807, 2.05) is 18.2 Å². The number of carboxylic acid groups (broad SMARTS) is 1. The van der Waals surface area contributed by atoms with Crippen molar-refractivity contribution in [1.82, 2.24) is 9.55 Å². The third-order valence-electron chi connectivity index (χ3n) is 2.81. The third-order valence-corrected chi connectivity index (χ3v) is 2.99. The predicted octanol–water partition coefficient (Wildman–Crippen LogP) is 1.59. The normalized spacial score (nSPS) is 12.6. The number of aliphatic carboxylic acids is 1. The van der Waals surface area contributed by atoms with E-state index < -0.39 is 17.0 Å². The molecule has 0 saturated heterocycles. The monoisotopic (exact) mass is 264 g/mol. The number of aryl methyl sites for hydroxylation is 1. The lowest BCUT2D eigenvalue weighted by Crippen LogP contribution is -2.18. The summed E-state index contributed by atoms with van der Waals surface area (Å²) in [6.07, 6.45) is -0.171. The van der Waals surface area contributed by atoms with Gasteiger partial charge in [0.1, 0.15) is 11.7 Å². The standard InChI is InChI=1S/C12H12N2O3S/c1-14-9-5-3-2-4-8(9)13-11(14)7(12(16)17)6-10(15)18/h2-5,7H,6H2,1H3,(H,15,18)(H,16,17). The molecule has 0 bridgehead atoms. The van der Waals surface area contributed by atoms with Gasteiger partial charge in [-0.15, -0.1) is 12.6 Å². The van der Waals surface area contributed by atoms with Crippen LogP contribution in [-0.4, -0.2) is 25.7 Å². The summed E-state index contributed by atoms with van der Waals surface area (Å²) in [6.45, 7) is 0. The average molecular weight is 264 g/mol. The average Bonchev–Trinajstić information content (AvgIpc) is 2.64. The van der Waals surface area contributed by atoms with Crippen LogP contribution in [0.25, 0.3) is 11.0 Å². The van der Waals surface area contributed by atoms with Crippen LogP contribution in [0.1, 0.15) is 18.2 Å². The van der Waals surface area contributed by atoms with E-state index in [0.717, 1.165) is 5.52 Å². The quantitative estimate of drug-likeness (QED) is 0.822. The van der Waals surface area contributed by atoms with E-state index in [9.17, 15) is 14.7 Å². The first-order valence-electron chi connectivity index (χ1n) is 5.36. The van der Waals surface area contributed by atoms with Crippen LogP contribution in [0, 0.1) is 0 Å². The Morgan fingerprint density at radius 3 is 2.67 bits per heavy atom. The molecular weight excluding hydrogens is 252 g/mol. The number of carbonyl (C=O) groups excluding carboxylic acids is 1. The number of para-hydroxylation sites is 2. The number of imidazole rings is 1. The van der Waals surface area contributed by atoms with Crippen molar-refractivity contribution in [3.63, 3.8) is 0 Å². The molecule has 1 unspecified atom stereocenters. The zero-order chi connectivity index (χ0) is 13.3. The molecule has 2 rings (SSSR count). The van der Waals surface area contributed by atoms with E-state index in [4.69, 9.17) is 0 Å². The van der Waals surface area contributed by atoms with Crippen molar-refractivity contribution < 1.29 is 14.7 Å². The van der Waals surface area contributed by atoms with Crippen molar-refractivity contribution in [2.24, 2.45) is 7.05 Å². The Labute approximate surface area is 109 Å². The van der Waals surface area contributed by atoms with Crippen molar-refractivity contribution in [2.75, 3.05) is 0 Å². The highest BCUT2D eigenvalue weighted by atomic mass is 32.1. The highest BCUT2D eigenvalue weighted by Crippen LogP contribution is 2.24. The van der Waals surface area contributed by atoms with Gasteiger partial charge in [-0.1, -0.05) is 12.1 Å². The molecule has 0 aliphatic rings. The van der Waals surface area contributed by atoms with E-state index in [1.165, 1.54) is 0 Å². The zero-order valence-electron chi connectivity index (χ0n) is 9.70. The van der Waals surface area contributed by atoms with Gasteiger partial charge in [-0.2, -0.15) is 0 Å². The van der Waals surface area contributed by atoms with Gasteiger partial charge >= 0.3 is 5.97 Å². The van der Waals surface area contributed by atoms with Gasteiger partial charge in [0.2, 0.25) is 0 Å². The molecule has 1 atom stereocenters. The maximum atomic E-state index is 11.2. The number of aromatic nitrogens is 2. The first-order chi connectivity index (χ1) is 8.50. The molecule has 5 nitrogen and oxygen atoms in total. The summed E-state index contributed by atoms with van der Waals surface area (Å²) in [7, 11) is 1.74. The van der Waals surface area contributed by atoms with E-state index in [-0.39, 0.29) is 6.42 Å². The van der Waals surface area contributed by atoms with Crippen LogP contribution in [0.5, 0.6) is 0 Å². The van der Waals surface area contributed by atoms with Crippen molar-refractivity contribution in [1.29, 1.82) is 0 Å². The van der Waals surface area contributed by atoms with Crippen molar-refractivity contribution in [3.05, 3.63) is 30.1 Å². The number of fused-ring (bicyclic) bond motifs is 1. The molecule has 0 aliphatic heterocycles. The summed E-state index contributed by atoms with van der Waals surface area (Å²) in [5, 5.41) is 8.72. The van der Waals surface area contributed by atoms with Crippen molar-refractivity contribution >= 4 is 34.7 Å². The lowest BCUT2D eigenvalue weighted by molar-refractivity contribution is -0.140. The third kappa shape index (κ3) is 2.24. The first-order valence-corrected chi connectivity index (χ1v) is 5.81. The van der Waals surface area contributed by atoms with Crippen LogP contribution in [0.15, 0.2) is 24.3 Å². The van der Waals surface area contributed by atoms with Crippen LogP contribution in [-0.2, 0) is 16.6 Å². The molecule has 94 valence electrons. The molecule has 1 N–H and O–H groups in total. The Bertz CT molecular complexity index is 621. The fourth-order valence-electron chi connectivity index (χ4n) is 1.94. The number of benzene rings is 1. The molecule has 1 aromatic heterocycles. The summed E-state index contributed by atoms with van der Waals surface area (Å²) in [5.74, 6) is -1.67. The summed E-state index contributed by atoms with van der Waals surface area (Å²) in [5.41, 5.74) is 1.55. The Kier molecular flexibility index (Phi) is 3.38. The van der Waals surface area contributed by atoms with E-state index >= 15 is 0 Å². The summed E-state index contributed by atoms with van der Waals surface area (Å²) >= 11 is 3.64. The topological polar surface area (TPSA) is 72.2 Å². The number of hydrogen-bond donors (Lipinski definition) is 2. The number of thiol groups is 1. The minimum absolute atomic E-state index is 0.171. The molecule has 0 spiro atoms. The van der Waals surface area contributed by atoms with Crippen molar-refractivity contribution in [3.8, 4) is 0 Å². The largest absolute Gasteiger partial charge is 0.481 e. The Hall–Kier alpha value is -1.82. The molecule has 18 heavy (non-hydrogen) atoms. The molecule has 0 aliphatic carbocycles. The SMILES string of the molecule is Cn1c(C(CC(=O)S)C(=O)O)nc2ccccc21. The number of carboxylic acids is 1. The van der Waals surface area contributed by atoms with Crippen LogP contribution in [0.4, 0.5) is 0 Å². The van der Waals surface area contributed by atoms with Crippen LogP contribution < -0.4 is 0 Å². The molecule has 0 saturated carbocycles. The van der Waals surface area contributed by atoms with Crippen LogP contribution >= 0.6 is 12.6 Å². The Morgan fingerprint density at radius 2 is 2.11 bits per heavy atom. The van der Waals surface area contributed by atoms with Crippen LogP contribution in [0.2, 0.25) is 0 Å². The van der Waals surface area contributed by atoms with Crippen LogP contribution in [0.3, 0.4) is 0 Å². The Morgan fingerprint density at radius 1 is 1.44 bits per heavy atom. The fourth-order valence-corrected chi connectivity index (χ4v) is 2.12. The second-order valence-electron chi connectivity index (χ2n) is 4.01. The molecule has 0 fully saturated rings. The molecule has 6 heteroatoms. The van der Waals surface area contributed by atoms with Gasteiger partial charge in [-0.25, -0.2) is 4.98 Å². The smallest absolute Gasteiger partial charge is 0.314 e. The lowest BCUT2D eigenvalue weighted by Gasteiger charge is -2.10. The van der Waals surface area contributed by atoms with Gasteiger partial charge < -0.3 is 9.67 Å². The minimum Gasteiger partial charge on any atom is -0.481 e. The van der Waals surface area contributed by atoms with Gasteiger partial charge in [-0.3, -0.25) is 9.59 Å². The van der Waals surface area contributed by atoms with Gasteiger partial charge in [0, 0.05) is 13.5 Å². The lowest BCUT2D eigenvalue weighted by atomic mass is 10.1.